The second-order valence-corrected chi connectivity index (χ2v) is 10.4. The van der Waals surface area contributed by atoms with Crippen LogP contribution in [-0.2, 0) is 20.9 Å². The van der Waals surface area contributed by atoms with E-state index in [2.05, 4.69) is 4.98 Å². The van der Waals surface area contributed by atoms with E-state index in [0.29, 0.717) is 29.2 Å². The molecule has 0 aliphatic carbocycles. The number of rotatable bonds is 7. The largest absolute Gasteiger partial charge is 0.508 e. The summed E-state index contributed by atoms with van der Waals surface area (Å²) in [6, 6.07) is 19.4. The summed E-state index contributed by atoms with van der Waals surface area (Å²) in [6.45, 7) is 3.95. The van der Waals surface area contributed by atoms with Gasteiger partial charge in [-0.15, -0.1) is 0 Å². The lowest BCUT2D eigenvalue weighted by Gasteiger charge is -2.23. The minimum absolute atomic E-state index is 0.0808. The molecule has 208 valence electrons. The molecule has 1 aliphatic heterocycles. The molecule has 3 aromatic carbocycles. The van der Waals surface area contributed by atoms with Gasteiger partial charge in [-0.25, -0.2) is 9.78 Å². The number of aromatic nitrogens is 1. The van der Waals surface area contributed by atoms with Crippen LogP contribution in [0.1, 0.15) is 43.7 Å². The number of phenols is 1. The molecule has 0 bridgehead atoms. The van der Waals surface area contributed by atoms with E-state index >= 15 is 0 Å². The number of benzene rings is 3. The fraction of sp³-hybridized carbons (Fsp3) is 0.161. The SMILES string of the molecule is COC(=O)c1sc(N2C(=O)C(=O)/C(=C(/O)c3ccc(OCc4cccc(C)c4)cc3)C2c2cccc(O)c2)nc1C. The number of hydrogen-bond donors (Lipinski definition) is 2. The van der Waals surface area contributed by atoms with Gasteiger partial charge in [-0.3, -0.25) is 14.5 Å². The molecule has 1 amide bonds. The van der Waals surface area contributed by atoms with Gasteiger partial charge in [0.1, 0.15) is 28.7 Å². The van der Waals surface area contributed by atoms with Crippen molar-refractivity contribution in [1.82, 2.24) is 4.98 Å². The standard InChI is InChI=1S/C31H26N2O7S/c1-17-6-4-7-19(14-17)16-40-23-12-10-20(11-13-23)26(35)24-25(21-8-5-9-22(34)15-21)33(29(37)27(24)36)31-32-18(2)28(41-31)30(38)39-3/h4-15,25,34-35H,16H2,1-3H3/b26-24+. The molecule has 0 saturated carbocycles. The summed E-state index contributed by atoms with van der Waals surface area (Å²) in [5.74, 6) is -2.41. The molecule has 0 radical (unpaired) electrons. The van der Waals surface area contributed by atoms with Gasteiger partial charge in [0, 0.05) is 5.56 Å². The number of ether oxygens (including phenoxy) is 2. The molecule has 1 unspecified atom stereocenters. The average Bonchev–Trinajstić information content (AvgIpc) is 3.47. The van der Waals surface area contributed by atoms with Crippen LogP contribution in [0, 0.1) is 13.8 Å². The van der Waals surface area contributed by atoms with E-state index in [1.54, 1.807) is 43.3 Å². The zero-order valence-corrected chi connectivity index (χ0v) is 23.3. The summed E-state index contributed by atoms with van der Waals surface area (Å²) in [6.07, 6.45) is 0. The molecule has 1 saturated heterocycles. The molecule has 1 fully saturated rings. The van der Waals surface area contributed by atoms with Crippen LogP contribution in [-0.4, -0.2) is 40.0 Å². The lowest BCUT2D eigenvalue weighted by atomic mass is 9.95. The number of aryl methyl sites for hydroxylation is 2. The number of carbonyl (C=O) groups excluding carboxylic acids is 3. The molecule has 41 heavy (non-hydrogen) atoms. The summed E-state index contributed by atoms with van der Waals surface area (Å²) in [4.78, 5) is 44.7. The molecule has 5 rings (SSSR count). The Morgan fingerprint density at radius 1 is 1.02 bits per heavy atom. The maximum absolute atomic E-state index is 13.4. The minimum atomic E-state index is -1.12. The van der Waals surface area contributed by atoms with Crippen LogP contribution >= 0.6 is 11.3 Å². The van der Waals surface area contributed by atoms with Crippen molar-refractivity contribution in [2.75, 3.05) is 12.0 Å². The van der Waals surface area contributed by atoms with E-state index in [1.165, 1.54) is 19.2 Å². The van der Waals surface area contributed by atoms with Crippen molar-refractivity contribution in [1.29, 1.82) is 0 Å². The number of nitrogens with zero attached hydrogens (tertiary/aromatic N) is 2. The number of aromatic hydroxyl groups is 1. The van der Waals surface area contributed by atoms with Gasteiger partial charge in [-0.2, -0.15) is 0 Å². The Bertz CT molecular complexity index is 1690. The van der Waals surface area contributed by atoms with Crippen molar-refractivity contribution in [3.05, 3.63) is 111 Å². The first-order valence-corrected chi connectivity index (χ1v) is 13.4. The van der Waals surface area contributed by atoms with Crippen molar-refractivity contribution in [3.63, 3.8) is 0 Å². The first kappa shape index (κ1) is 27.6. The lowest BCUT2D eigenvalue weighted by Crippen LogP contribution is -2.29. The van der Waals surface area contributed by atoms with Crippen molar-refractivity contribution >= 4 is 39.9 Å². The Morgan fingerprint density at radius 3 is 2.44 bits per heavy atom. The van der Waals surface area contributed by atoms with Crippen LogP contribution in [0.15, 0.2) is 78.4 Å². The number of amides is 1. The lowest BCUT2D eigenvalue weighted by molar-refractivity contribution is -0.132. The van der Waals surface area contributed by atoms with E-state index in [1.807, 2.05) is 31.2 Å². The Balaban J connectivity index is 1.53. The van der Waals surface area contributed by atoms with Crippen molar-refractivity contribution < 1.29 is 34.1 Å². The maximum Gasteiger partial charge on any atom is 0.350 e. The van der Waals surface area contributed by atoms with E-state index in [-0.39, 0.29) is 21.3 Å². The van der Waals surface area contributed by atoms with Crippen LogP contribution in [0.2, 0.25) is 0 Å². The summed E-state index contributed by atoms with van der Waals surface area (Å²) in [5, 5.41) is 21.6. The highest BCUT2D eigenvalue weighted by Crippen LogP contribution is 2.44. The molecule has 0 spiro atoms. The summed E-state index contributed by atoms with van der Waals surface area (Å²) in [7, 11) is 1.24. The number of esters is 1. The highest BCUT2D eigenvalue weighted by Gasteiger charge is 2.48. The molecule has 2 heterocycles. The number of Topliss-reactive ketones (excluding diaryl/α,β-unsaturated/α-hetero) is 1. The third-order valence-electron chi connectivity index (χ3n) is 6.61. The van der Waals surface area contributed by atoms with Gasteiger partial charge >= 0.3 is 11.9 Å². The third kappa shape index (κ3) is 5.42. The van der Waals surface area contributed by atoms with Gasteiger partial charge in [-0.1, -0.05) is 53.3 Å². The van der Waals surface area contributed by atoms with E-state index in [0.717, 1.165) is 27.4 Å². The van der Waals surface area contributed by atoms with E-state index < -0.39 is 29.5 Å². The van der Waals surface area contributed by atoms with E-state index in [9.17, 15) is 24.6 Å². The van der Waals surface area contributed by atoms with Gasteiger partial charge in [0.05, 0.1) is 24.4 Å². The Morgan fingerprint density at radius 2 is 1.76 bits per heavy atom. The minimum Gasteiger partial charge on any atom is -0.508 e. The first-order valence-electron chi connectivity index (χ1n) is 12.6. The number of anilines is 1. The summed E-state index contributed by atoms with van der Waals surface area (Å²) < 4.78 is 10.7. The van der Waals surface area contributed by atoms with Crippen LogP contribution in [0.5, 0.6) is 11.5 Å². The monoisotopic (exact) mass is 570 g/mol. The number of thiazole rings is 1. The molecule has 9 nitrogen and oxygen atoms in total. The number of phenolic OH excluding ortho intramolecular Hbond substituents is 1. The van der Waals surface area contributed by atoms with Crippen molar-refractivity contribution in [2.45, 2.75) is 26.5 Å². The smallest absolute Gasteiger partial charge is 0.350 e. The predicted octanol–water partition coefficient (Wildman–Crippen LogP) is 5.46. The molecule has 1 aliphatic rings. The molecule has 2 N–H and O–H groups in total. The van der Waals surface area contributed by atoms with Gasteiger partial charge in [-0.05, 0) is 61.4 Å². The Labute approximate surface area is 239 Å². The number of hydrogen-bond acceptors (Lipinski definition) is 9. The fourth-order valence-electron chi connectivity index (χ4n) is 4.64. The highest BCUT2D eigenvalue weighted by molar-refractivity contribution is 7.17. The van der Waals surface area contributed by atoms with Crippen molar-refractivity contribution in [3.8, 4) is 11.5 Å². The molecule has 4 aromatic rings. The van der Waals surface area contributed by atoms with Crippen LogP contribution < -0.4 is 9.64 Å². The number of aliphatic hydroxyl groups is 1. The van der Waals surface area contributed by atoms with Crippen LogP contribution in [0.4, 0.5) is 5.13 Å². The first-order chi connectivity index (χ1) is 19.7. The number of aliphatic hydroxyl groups excluding tert-OH is 1. The van der Waals surface area contributed by atoms with Gasteiger partial charge in [0.2, 0.25) is 0 Å². The normalized spacial score (nSPS) is 16.2. The number of ketones is 1. The topological polar surface area (TPSA) is 126 Å². The summed E-state index contributed by atoms with van der Waals surface area (Å²) in [5.41, 5.74) is 2.95. The molecule has 1 atom stereocenters. The van der Waals surface area contributed by atoms with Crippen LogP contribution in [0.3, 0.4) is 0 Å². The van der Waals surface area contributed by atoms with E-state index in [4.69, 9.17) is 9.47 Å². The molecular formula is C31H26N2O7S. The third-order valence-corrected chi connectivity index (χ3v) is 7.75. The maximum atomic E-state index is 13.4. The predicted molar refractivity (Wildman–Crippen MR) is 153 cm³/mol. The quantitative estimate of drug-likeness (QED) is 0.130. The fourth-order valence-corrected chi connectivity index (χ4v) is 5.65. The number of methoxy groups -OCH3 is 1. The summed E-state index contributed by atoms with van der Waals surface area (Å²) >= 11 is 0.898. The second-order valence-electron chi connectivity index (χ2n) is 9.47. The number of carbonyl (C=O) groups is 3. The zero-order chi connectivity index (χ0) is 29.3. The molecule has 1 aromatic heterocycles. The second kappa shape index (κ2) is 11.3. The molecule has 10 heteroatoms. The van der Waals surface area contributed by atoms with Gasteiger partial charge in [0.15, 0.2) is 5.13 Å². The highest BCUT2D eigenvalue weighted by atomic mass is 32.1. The molecular weight excluding hydrogens is 544 g/mol. The van der Waals surface area contributed by atoms with Gasteiger partial charge in [0.25, 0.3) is 5.78 Å². The average molecular weight is 571 g/mol. The Kier molecular flexibility index (Phi) is 7.58. The van der Waals surface area contributed by atoms with Crippen LogP contribution in [0.25, 0.3) is 5.76 Å². The Hall–Kier alpha value is -4.96. The van der Waals surface area contributed by atoms with Crippen molar-refractivity contribution in [2.24, 2.45) is 0 Å². The van der Waals surface area contributed by atoms with Gasteiger partial charge < -0.3 is 19.7 Å². The zero-order valence-electron chi connectivity index (χ0n) is 22.5.